The molecule has 0 aliphatic heterocycles. The van der Waals surface area contributed by atoms with Crippen LogP contribution in [0.25, 0.3) is 0 Å². The molecule has 9 heteroatoms. The van der Waals surface area contributed by atoms with Crippen molar-refractivity contribution in [1.82, 2.24) is 0 Å². The summed E-state index contributed by atoms with van der Waals surface area (Å²) in [6, 6.07) is 7.07. The largest absolute Gasteiger partial charge is 0.380 e. The lowest BCUT2D eigenvalue weighted by atomic mass is 10.3. The fraction of sp³-hybridized carbons (Fsp3) is 0.167. The monoisotopic (exact) mass is 415 g/mol. The minimum Gasteiger partial charge on any atom is -0.380 e. The first-order valence-corrected chi connectivity index (χ1v) is 9.14. The van der Waals surface area contributed by atoms with Gasteiger partial charge in [-0.05, 0) is 46.3 Å². The van der Waals surface area contributed by atoms with Crippen molar-refractivity contribution >= 4 is 54.4 Å². The highest BCUT2D eigenvalue weighted by molar-refractivity contribution is 9.10. The number of nitrogens with one attached hydrogen (secondary N) is 1. The molecular weight excluding hydrogens is 408 g/mol. The number of sulfone groups is 1. The summed E-state index contributed by atoms with van der Waals surface area (Å²) >= 11 is 10.6. The maximum atomic E-state index is 12.4. The van der Waals surface area contributed by atoms with Crippen LogP contribution in [0, 0.1) is 0 Å². The number of halogens is 4. The van der Waals surface area contributed by atoms with Gasteiger partial charge in [0.2, 0.25) is 9.84 Å². The Bertz CT molecular complexity index is 713. The zero-order chi connectivity index (χ0) is 15.6. The van der Waals surface area contributed by atoms with E-state index >= 15 is 0 Å². The van der Waals surface area contributed by atoms with E-state index in [2.05, 4.69) is 21.2 Å². The minimum absolute atomic E-state index is 0.398. The topological polar surface area (TPSA) is 46.2 Å². The van der Waals surface area contributed by atoms with Gasteiger partial charge in [0.1, 0.15) is 4.34 Å². The molecule has 0 atom stereocenters. The Morgan fingerprint density at radius 3 is 2.38 bits per heavy atom. The molecule has 0 saturated carbocycles. The van der Waals surface area contributed by atoms with Gasteiger partial charge in [-0.3, -0.25) is 0 Å². The van der Waals surface area contributed by atoms with Crippen LogP contribution in [0.3, 0.4) is 0 Å². The molecular formula is C12H9BrClF2NO2S2. The standard InChI is InChI=1S/C12H9BrClF2NO2S2/c13-10-5-8(20-11(10)14)6-17-7-1-3-9(4-2-7)21(18,19)12(15)16/h1-5,12,17H,6H2. The lowest BCUT2D eigenvalue weighted by molar-refractivity contribution is 0.234. The summed E-state index contributed by atoms with van der Waals surface area (Å²) in [6.45, 7) is 0.497. The molecule has 1 heterocycles. The van der Waals surface area contributed by atoms with E-state index in [4.69, 9.17) is 11.6 Å². The number of benzene rings is 1. The average molecular weight is 417 g/mol. The molecule has 21 heavy (non-hydrogen) atoms. The SMILES string of the molecule is O=S(=O)(c1ccc(NCc2cc(Br)c(Cl)s2)cc1)C(F)F. The highest BCUT2D eigenvalue weighted by Gasteiger charge is 2.26. The van der Waals surface area contributed by atoms with Crippen molar-refractivity contribution in [3.05, 3.63) is 44.0 Å². The molecule has 0 aliphatic rings. The summed E-state index contributed by atoms with van der Waals surface area (Å²) in [5.74, 6) is -3.41. The highest BCUT2D eigenvalue weighted by Crippen LogP contribution is 2.32. The lowest BCUT2D eigenvalue weighted by Crippen LogP contribution is -2.11. The van der Waals surface area contributed by atoms with Gasteiger partial charge < -0.3 is 5.32 Å². The summed E-state index contributed by atoms with van der Waals surface area (Å²) in [6.07, 6.45) is 0. The van der Waals surface area contributed by atoms with Gasteiger partial charge in [-0.2, -0.15) is 8.78 Å². The van der Waals surface area contributed by atoms with Gasteiger partial charge >= 0.3 is 5.76 Å². The molecule has 3 nitrogen and oxygen atoms in total. The smallest absolute Gasteiger partial charge is 0.341 e. The Morgan fingerprint density at radius 2 is 1.90 bits per heavy atom. The molecule has 0 aliphatic carbocycles. The predicted molar refractivity (Wildman–Crippen MR) is 84.0 cm³/mol. The van der Waals surface area contributed by atoms with Gasteiger partial charge in [0.05, 0.1) is 4.90 Å². The van der Waals surface area contributed by atoms with Gasteiger partial charge in [0.25, 0.3) is 0 Å². The van der Waals surface area contributed by atoms with E-state index in [9.17, 15) is 17.2 Å². The van der Waals surface area contributed by atoms with Gasteiger partial charge in [-0.15, -0.1) is 11.3 Å². The van der Waals surface area contributed by atoms with E-state index in [1.165, 1.54) is 23.5 Å². The summed E-state index contributed by atoms with van der Waals surface area (Å²) in [5.41, 5.74) is 0.629. The summed E-state index contributed by atoms with van der Waals surface area (Å²) < 4.78 is 48.8. The molecule has 0 spiro atoms. The van der Waals surface area contributed by atoms with Crippen molar-refractivity contribution in [3.63, 3.8) is 0 Å². The summed E-state index contributed by atoms with van der Waals surface area (Å²) in [5, 5.41) is 3.06. The van der Waals surface area contributed by atoms with Crippen LogP contribution < -0.4 is 5.32 Å². The third kappa shape index (κ3) is 3.94. The van der Waals surface area contributed by atoms with E-state index in [1.54, 1.807) is 0 Å². The second-order valence-corrected chi connectivity index (χ2v) is 8.53. The Morgan fingerprint density at radius 1 is 1.29 bits per heavy atom. The minimum atomic E-state index is -4.55. The second-order valence-electron chi connectivity index (χ2n) is 4.02. The maximum absolute atomic E-state index is 12.4. The second kappa shape index (κ2) is 6.60. The predicted octanol–water partition coefficient (Wildman–Crippen LogP) is 4.77. The molecule has 114 valence electrons. The highest BCUT2D eigenvalue weighted by atomic mass is 79.9. The van der Waals surface area contributed by atoms with Gasteiger partial charge in [0.15, 0.2) is 0 Å². The zero-order valence-electron chi connectivity index (χ0n) is 10.3. The Hall–Kier alpha value is -0.700. The molecule has 1 aromatic carbocycles. The van der Waals surface area contributed by atoms with Crippen LogP contribution in [0.15, 0.2) is 39.7 Å². The number of rotatable bonds is 5. The molecule has 0 saturated heterocycles. The number of hydrogen-bond donors (Lipinski definition) is 1. The number of thiophene rings is 1. The van der Waals surface area contributed by atoms with Gasteiger partial charge in [-0.25, -0.2) is 8.42 Å². The number of hydrogen-bond acceptors (Lipinski definition) is 4. The van der Waals surface area contributed by atoms with E-state index in [0.717, 1.165) is 21.5 Å². The molecule has 1 N–H and O–H groups in total. The van der Waals surface area contributed by atoms with Crippen LogP contribution in [0.2, 0.25) is 4.34 Å². The molecule has 2 aromatic rings. The molecule has 0 radical (unpaired) electrons. The maximum Gasteiger partial charge on any atom is 0.341 e. The van der Waals surface area contributed by atoms with Crippen LogP contribution in [0.5, 0.6) is 0 Å². The van der Waals surface area contributed by atoms with Crippen molar-refractivity contribution < 1.29 is 17.2 Å². The molecule has 0 bridgehead atoms. The Labute approximate surface area is 138 Å². The molecule has 2 rings (SSSR count). The van der Waals surface area contributed by atoms with Crippen molar-refractivity contribution in [3.8, 4) is 0 Å². The van der Waals surface area contributed by atoms with Crippen molar-refractivity contribution in [2.24, 2.45) is 0 Å². The molecule has 1 aromatic heterocycles. The first kappa shape index (κ1) is 16.7. The molecule has 0 unspecified atom stereocenters. The third-order valence-electron chi connectivity index (χ3n) is 2.58. The molecule has 0 amide bonds. The Kier molecular flexibility index (Phi) is 5.24. The van der Waals surface area contributed by atoms with E-state index in [1.807, 2.05) is 6.07 Å². The van der Waals surface area contributed by atoms with Crippen molar-refractivity contribution in [2.45, 2.75) is 17.2 Å². The van der Waals surface area contributed by atoms with Crippen LogP contribution in [0.4, 0.5) is 14.5 Å². The van der Waals surface area contributed by atoms with Crippen molar-refractivity contribution in [2.75, 3.05) is 5.32 Å². The molecule has 0 fully saturated rings. The van der Waals surface area contributed by atoms with Gasteiger partial charge in [0, 0.05) is 21.6 Å². The summed E-state index contributed by atoms with van der Waals surface area (Å²) in [7, 11) is -4.55. The fourth-order valence-corrected chi connectivity index (χ4v) is 3.98. The zero-order valence-corrected chi connectivity index (χ0v) is 14.3. The number of alkyl halides is 2. The van der Waals surface area contributed by atoms with Crippen LogP contribution in [-0.2, 0) is 16.4 Å². The number of anilines is 1. The van der Waals surface area contributed by atoms with Crippen LogP contribution >= 0.6 is 38.9 Å². The first-order chi connectivity index (χ1) is 9.80. The van der Waals surface area contributed by atoms with Crippen LogP contribution in [-0.4, -0.2) is 14.2 Å². The van der Waals surface area contributed by atoms with E-state index in [-0.39, 0.29) is 0 Å². The van der Waals surface area contributed by atoms with Gasteiger partial charge in [-0.1, -0.05) is 11.6 Å². The first-order valence-electron chi connectivity index (χ1n) is 5.60. The third-order valence-corrected chi connectivity index (χ3v) is 6.45. The van der Waals surface area contributed by atoms with E-state index in [0.29, 0.717) is 16.6 Å². The van der Waals surface area contributed by atoms with Crippen LogP contribution in [0.1, 0.15) is 4.88 Å². The Balaban J connectivity index is 2.06. The van der Waals surface area contributed by atoms with Crippen molar-refractivity contribution in [1.29, 1.82) is 0 Å². The quantitative estimate of drug-likeness (QED) is 0.763. The lowest BCUT2D eigenvalue weighted by Gasteiger charge is -2.07. The summed E-state index contributed by atoms with van der Waals surface area (Å²) in [4.78, 5) is 0.584. The fourth-order valence-electron chi connectivity index (χ4n) is 1.53. The average Bonchev–Trinajstić information content (AvgIpc) is 2.76. The van der Waals surface area contributed by atoms with E-state index < -0.39 is 20.5 Å². The normalized spacial score (nSPS) is 11.9.